The molecule has 17 heavy (non-hydrogen) atoms. The van der Waals surface area contributed by atoms with Crippen molar-refractivity contribution in [2.24, 2.45) is 0 Å². The zero-order valence-electron chi connectivity index (χ0n) is 9.54. The number of benzene rings is 1. The van der Waals surface area contributed by atoms with Crippen LogP contribution in [-0.4, -0.2) is 38.8 Å². The van der Waals surface area contributed by atoms with E-state index < -0.39 is 0 Å². The lowest BCUT2D eigenvalue weighted by molar-refractivity contribution is -0.899. The maximum Gasteiger partial charge on any atom is 0.279 e. The van der Waals surface area contributed by atoms with Crippen molar-refractivity contribution in [1.29, 1.82) is 0 Å². The van der Waals surface area contributed by atoms with Gasteiger partial charge in [-0.05, 0) is 28.1 Å². The van der Waals surface area contributed by atoms with E-state index in [-0.39, 0.29) is 5.91 Å². The van der Waals surface area contributed by atoms with Crippen molar-refractivity contribution in [1.82, 2.24) is 0 Å². The summed E-state index contributed by atoms with van der Waals surface area (Å²) in [5.74, 6) is 0.0498. The van der Waals surface area contributed by atoms with Crippen LogP contribution in [0.2, 0.25) is 0 Å². The maximum absolute atomic E-state index is 11.8. The molecular weight excluding hydrogens is 284 g/mol. The van der Waals surface area contributed by atoms with Gasteiger partial charge in [-0.15, -0.1) is 0 Å². The van der Waals surface area contributed by atoms with E-state index in [1.807, 2.05) is 24.3 Å². The van der Waals surface area contributed by atoms with Crippen LogP contribution in [0.4, 0.5) is 5.69 Å². The maximum atomic E-state index is 11.8. The minimum absolute atomic E-state index is 0.0498. The second-order valence-electron chi connectivity index (χ2n) is 4.07. The lowest BCUT2D eigenvalue weighted by Crippen LogP contribution is -3.15. The molecule has 4 nitrogen and oxygen atoms in total. The van der Waals surface area contributed by atoms with E-state index in [4.69, 9.17) is 4.74 Å². The third-order valence-electron chi connectivity index (χ3n) is 2.76. The van der Waals surface area contributed by atoms with Gasteiger partial charge in [-0.2, -0.15) is 0 Å². The van der Waals surface area contributed by atoms with Gasteiger partial charge in [-0.1, -0.05) is 12.1 Å². The summed E-state index contributed by atoms with van der Waals surface area (Å²) in [4.78, 5) is 13.1. The van der Waals surface area contributed by atoms with Crippen molar-refractivity contribution in [3.63, 3.8) is 0 Å². The molecule has 0 spiro atoms. The van der Waals surface area contributed by atoms with Crippen LogP contribution in [0.15, 0.2) is 28.7 Å². The van der Waals surface area contributed by atoms with Crippen LogP contribution in [0.3, 0.4) is 0 Å². The number of halogens is 1. The van der Waals surface area contributed by atoms with Crippen molar-refractivity contribution in [2.75, 3.05) is 38.2 Å². The normalized spacial score (nSPS) is 16.8. The number of ether oxygens (including phenoxy) is 1. The number of para-hydroxylation sites is 1. The highest BCUT2D eigenvalue weighted by Gasteiger charge is 2.17. The molecule has 1 aliphatic heterocycles. The van der Waals surface area contributed by atoms with Crippen molar-refractivity contribution >= 4 is 27.5 Å². The van der Waals surface area contributed by atoms with Crippen molar-refractivity contribution in [2.45, 2.75) is 0 Å². The number of nitrogens with one attached hydrogen (secondary N) is 2. The van der Waals surface area contributed by atoms with E-state index in [0.717, 1.165) is 36.5 Å². The fourth-order valence-electron chi connectivity index (χ4n) is 1.82. The molecule has 1 amide bonds. The summed E-state index contributed by atoms with van der Waals surface area (Å²) in [6.07, 6.45) is 0. The molecule has 1 saturated heterocycles. The SMILES string of the molecule is O=C(C[NH+]1CCOCC1)Nc1ccccc1Br. The summed E-state index contributed by atoms with van der Waals surface area (Å²) in [6, 6.07) is 7.63. The van der Waals surface area contributed by atoms with Crippen molar-refractivity contribution in [3.8, 4) is 0 Å². The Morgan fingerprint density at radius 2 is 2.06 bits per heavy atom. The first-order chi connectivity index (χ1) is 8.25. The highest BCUT2D eigenvalue weighted by atomic mass is 79.9. The summed E-state index contributed by atoms with van der Waals surface area (Å²) in [7, 11) is 0. The van der Waals surface area contributed by atoms with Gasteiger partial charge in [0.05, 0.1) is 18.9 Å². The second kappa shape index (κ2) is 6.14. The largest absolute Gasteiger partial charge is 0.370 e. The van der Waals surface area contributed by atoms with E-state index in [1.165, 1.54) is 4.90 Å². The molecule has 0 bridgehead atoms. The van der Waals surface area contributed by atoms with E-state index in [9.17, 15) is 4.79 Å². The van der Waals surface area contributed by atoms with E-state index >= 15 is 0 Å². The summed E-state index contributed by atoms with van der Waals surface area (Å²) >= 11 is 3.41. The third-order valence-corrected chi connectivity index (χ3v) is 3.45. The number of anilines is 1. The smallest absolute Gasteiger partial charge is 0.279 e. The first kappa shape index (κ1) is 12.5. The first-order valence-electron chi connectivity index (χ1n) is 5.71. The topological polar surface area (TPSA) is 42.8 Å². The summed E-state index contributed by atoms with van der Waals surface area (Å²) < 4.78 is 6.17. The molecule has 5 heteroatoms. The molecule has 1 heterocycles. The first-order valence-corrected chi connectivity index (χ1v) is 6.51. The van der Waals surface area contributed by atoms with Gasteiger partial charge in [0.2, 0.25) is 0 Å². The standard InChI is InChI=1S/C12H15BrN2O2/c13-10-3-1-2-4-11(10)14-12(16)9-15-5-7-17-8-6-15/h1-4H,5-9H2,(H,14,16)/p+1. The van der Waals surface area contributed by atoms with Gasteiger partial charge in [0.15, 0.2) is 6.54 Å². The highest BCUT2D eigenvalue weighted by molar-refractivity contribution is 9.10. The van der Waals surface area contributed by atoms with Gasteiger partial charge in [-0.3, -0.25) is 4.79 Å². The predicted molar refractivity (Wildman–Crippen MR) is 69.2 cm³/mol. The van der Waals surface area contributed by atoms with E-state index in [1.54, 1.807) is 0 Å². The molecule has 2 N–H and O–H groups in total. The Balaban J connectivity index is 1.86. The minimum atomic E-state index is 0.0498. The molecule has 0 unspecified atom stereocenters. The molecule has 2 rings (SSSR count). The fourth-order valence-corrected chi connectivity index (χ4v) is 2.20. The molecule has 0 saturated carbocycles. The van der Waals surface area contributed by atoms with E-state index in [0.29, 0.717) is 6.54 Å². The number of quaternary nitrogens is 1. The lowest BCUT2D eigenvalue weighted by atomic mass is 10.3. The van der Waals surface area contributed by atoms with Gasteiger partial charge in [0, 0.05) is 4.47 Å². The number of rotatable bonds is 3. The lowest BCUT2D eigenvalue weighted by Gasteiger charge is -2.23. The predicted octanol–water partition coefficient (Wildman–Crippen LogP) is 0.303. The summed E-state index contributed by atoms with van der Waals surface area (Å²) in [5.41, 5.74) is 0.824. The van der Waals surface area contributed by atoms with Crippen LogP contribution in [0.1, 0.15) is 0 Å². The van der Waals surface area contributed by atoms with Crippen LogP contribution in [0, 0.1) is 0 Å². The molecule has 92 valence electrons. The van der Waals surface area contributed by atoms with Gasteiger partial charge in [0.1, 0.15) is 13.1 Å². The van der Waals surface area contributed by atoms with Crippen molar-refractivity contribution in [3.05, 3.63) is 28.7 Å². The average molecular weight is 300 g/mol. The molecule has 0 aliphatic carbocycles. The average Bonchev–Trinajstić information content (AvgIpc) is 2.33. The van der Waals surface area contributed by atoms with Gasteiger partial charge in [0.25, 0.3) is 5.91 Å². The number of morpholine rings is 1. The van der Waals surface area contributed by atoms with Crippen LogP contribution in [0.5, 0.6) is 0 Å². The number of carbonyl (C=O) groups excluding carboxylic acids is 1. The van der Waals surface area contributed by atoms with Gasteiger partial charge >= 0.3 is 0 Å². The Morgan fingerprint density at radius 1 is 1.35 bits per heavy atom. The van der Waals surface area contributed by atoms with Crippen molar-refractivity contribution < 1.29 is 14.4 Å². The quantitative estimate of drug-likeness (QED) is 0.843. The summed E-state index contributed by atoms with van der Waals surface area (Å²) in [5, 5.41) is 2.91. The van der Waals surface area contributed by atoms with Crippen LogP contribution in [0.25, 0.3) is 0 Å². The Bertz CT molecular complexity index is 392. The second-order valence-corrected chi connectivity index (χ2v) is 4.92. The molecule has 1 aromatic rings. The summed E-state index contributed by atoms with van der Waals surface area (Å²) in [6.45, 7) is 3.81. The zero-order valence-corrected chi connectivity index (χ0v) is 11.1. The van der Waals surface area contributed by atoms with Gasteiger partial charge in [-0.25, -0.2) is 0 Å². The van der Waals surface area contributed by atoms with Crippen LogP contribution < -0.4 is 10.2 Å². The molecule has 1 aromatic carbocycles. The van der Waals surface area contributed by atoms with Gasteiger partial charge < -0.3 is 15.0 Å². The number of amides is 1. The Hall–Kier alpha value is -0.910. The number of carbonyl (C=O) groups is 1. The minimum Gasteiger partial charge on any atom is -0.370 e. The molecule has 0 radical (unpaired) electrons. The highest BCUT2D eigenvalue weighted by Crippen LogP contribution is 2.20. The molecule has 0 aromatic heterocycles. The molecule has 1 fully saturated rings. The number of hydrogen-bond donors (Lipinski definition) is 2. The Labute approximate surface area is 109 Å². The zero-order chi connectivity index (χ0) is 12.1. The molecule has 0 atom stereocenters. The fraction of sp³-hybridized carbons (Fsp3) is 0.417. The van der Waals surface area contributed by atoms with Crippen LogP contribution >= 0.6 is 15.9 Å². The third kappa shape index (κ3) is 3.80. The van der Waals surface area contributed by atoms with Crippen LogP contribution in [-0.2, 0) is 9.53 Å². The Morgan fingerprint density at radius 3 is 2.76 bits per heavy atom. The Kier molecular flexibility index (Phi) is 4.53. The molecule has 1 aliphatic rings. The molecular formula is C12H16BrN2O2+. The van der Waals surface area contributed by atoms with E-state index in [2.05, 4.69) is 21.2 Å². The number of hydrogen-bond acceptors (Lipinski definition) is 2. The monoisotopic (exact) mass is 299 g/mol.